The van der Waals surface area contributed by atoms with Crippen molar-refractivity contribution >= 4 is 22.6 Å². The van der Waals surface area contributed by atoms with Crippen molar-refractivity contribution in [1.82, 2.24) is 10.2 Å². The molecule has 2 unspecified atom stereocenters. The molecule has 0 spiro atoms. The number of anilines is 1. The van der Waals surface area contributed by atoms with Gasteiger partial charge in [0.05, 0.1) is 12.1 Å². The summed E-state index contributed by atoms with van der Waals surface area (Å²) >= 11 is 0. The molecule has 5 heteroatoms. The molecule has 1 aromatic carbocycles. The van der Waals surface area contributed by atoms with Crippen LogP contribution in [-0.4, -0.2) is 27.3 Å². The molecule has 3 rings (SSSR count). The SMILES string of the molecule is O=C(O)C1C=CC(Nc2nncc3ccccc23)C1. The van der Waals surface area contributed by atoms with Gasteiger partial charge in [0.25, 0.3) is 0 Å². The summed E-state index contributed by atoms with van der Waals surface area (Å²) in [7, 11) is 0. The minimum Gasteiger partial charge on any atom is -0.481 e. The maximum Gasteiger partial charge on any atom is 0.310 e. The summed E-state index contributed by atoms with van der Waals surface area (Å²) in [4.78, 5) is 10.9. The van der Waals surface area contributed by atoms with Crippen LogP contribution in [-0.2, 0) is 4.79 Å². The van der Waals surface area contributed by atoms with E-state index >= 15 is 0 Å². The van der Waals surface area contributed by atoms with E-state index in [0.29, 0.717) is 12.2 Å². The van der Waals surface area contributed by atoms with Gasteiger partial charge in [0.1, 0.15) is 0 Å². The highest BCUT2D eigenvalue weighted by Crippen LogP contribution is 2.24. The summed E-state index contributed by atoms with van der Waals surface area (Å²) in [5, 5.41) is 22.3. The number of nitrogens with zero attached hydrogens (tertiary/aromatic N) is 2. The van der Waals surface area contributed by atoms with Crippen molar-refractivity contribution in [2.75, 3.05) is 5.32 Å². The Balaban J connectivity index is 1.83. The Labute approximate surface area is 110 Å². The van der Waals surface area contributed by atoms with Gasteiger partial charge in [-0.05, 0) is 6.42 Å². The molecule has 96 valence electrons. The van der Waals surface area contributed by atoms with E-state index < -0.39 is 11.9 Å². The maximum absolute atomic E-state index is 10.9. The van der Waals surface area contributed by atoms with Crippen LogP contribution in [0.5, 0.6) is 0 Å². The Bertz CT molecular complexity index is 649. The van der Waals surface area contributed by atoms with Crippen LogP contribution >= 0.6 is 0 Å². The molecule has 2 atom stereocenters. The van der Waals surface area contributed by atoms with E-state index in [9.17, 15) is 4.79 Å². The number of rotatable bonds is 3. The molecule has 0 saturated heterocycles. The first-order chi connectivity index (χ1) is 9.24. The number of hydrogen-bond acceptors (Lipinski definition) is 4. The van der Waals surface area contributed by atoms with Gasteiger partial charge in [-0.15, -0.1) is 5.10 Å². The molecule has 1 aromatic heterocycles. The monoisotopic (exact) mass is 255 g/mol. The van der Waals surface area contributed by atoms with Gasteiger partial charge in [-0.2, -0.15) is 5.10 Å². The molecule has 1 aliphatic rings. The molecule has 19 heavy (non-hydrogen) atoms. The minimum atomic E-state index is -0.787. The fraction of sp³-hybridized carbons (Fsp3) is 0.214. The van der Waals surface area contributed by atoms with Gasteiger partial charge in [-0.25, -0.2) is 0 Å². The summed E-state index contributed by atoms with van der Waals surface area (Å²) in [6.45, 7) is 0. The molecule has 1 aliphatic carbocycles. The Morgan fingerprint density at radius 3 is 2.95 bits per heavy atom. The van der Waals surface area contributed by atoms with Crippen molar-refractivity contribution in [2.45, 2.75) is 12.5 Å². The number of carbonyl (C=O) groups is 1. The molecule has 0 radical (unpaired) electrons. The van der Waals surface area contributed by atoms with Gasteiger partial charge in [0.15, 0.2) is 5.82 Å². The van der Waals surface area contributed by atoms with Gasteiger partial charge in [-0.1, -0.05) is 36.4 Å². The Morgan fingerprint density at radius 2 is 2.16 bits per heavy atom. The van der Waals surface area contributed by atoms with Crippen molar-refractivity contribution in [3.63, 3.8) is 0 Å². The van der Waals surface area contributed by atoms with Gasteiger partial charge in [0.2, 0.25) is 0 Å². The number of aliphatic carboxylic acids is 1. The van der Waals surface area contributed by atoms with E-state index in [2.05, 4.69) is 15.5 Å². The highest BCUT2D eigenvalue weighted by molar-refractivity contribution is 5.91. The van der Waals surface area contributed by atoms with Crippen LogP contribution < -0.4 is 5.32 Å². The zero-order valence-corrected chi connectivity index (χ0v) is 10.2. The summed E-state index contributed by atoms with van der Waals surface area (Å²) in [6.07, 6.45) is 5.85. The smallest absolute Gasteiger partial charge is 0.310 e. The molecule has 5 nitrogen and oxygen atoms in total. The highest BCUT2D eigenvalue weighted by Gasteiger charge is 2.24. The van der Waals surface area contributed by atoms with Crippen LogP contribution in [0.3, 0.4) is 0 Å². The van der Waals surface area contributed by atoms with Crippen LogP contribution in [0, 0.1) is 5.92 Å². The first kappa shape index (κ1) is 11.6. The summed E-state index contributed by atoms with van der Waals surface area (Å²) in [6, 6.07) is 7.82. The normalized spacial score (nSPS) is 21.7. The van der Waals surface area contributed by atoms with Gasteiger partial charge >= 0.3 is 5.97 Å². The maximum atomic E-state index is 10.9. The van der Waals surface area contributed by atoms with E-state index in [-0.39, 0.29) is 6.04 Å². The van der Waals surface area contributed by atoms with Crippen LogP contribution in [0.4, 0.5) is 5.82 Å². The topological polar surface area (TPSA) is 75.1 Å². The van der Waals surface area contributed by atoms with Crippen LogP contribution in [0.25, 0.3) is 10.8 Å². The fourth-order valence-electron chi connectivity index (χ4n) is 2.30. The van der Waals surface area contributed by atoms with E-state index in [1.165, 1.54) is 0 Å². The van der Waals surface area contributed by atoms with E-state index in [1.54, 1.807) is 12.3 Å². The number of carboxylic acid groups (broad SMARTS) is 1. The first-order valence-corrected chi connectivity index (χ1v) is 6.12. The molecule has 0 amide bonds. The molecule has 0 bridgehead atoms. The molecule has 0 aliphatic heterocycles. The molecule has 2 N–H and O–H groups in total. The fourth-order valence-corrected chi connectivity index (χ4v) is 2.30. The minimum absolute atomic E-state index is 0.0128. The molecule has 1 heterocycles. The number of carboxylic acids is 1. The van der Waals surface area contributed by atoms with Crippen molar-refractivity contribution in [1.29, 1.82) is 0 Å². The Morgan fingerprint density at radius 1 is 1.32 bits per heavy atom. The quantitative estimate of drug-likeness (QED) is 0.821. The highest BCUT2D eigenvalue weighted by atomic mass is 16.4. The second-order valence-corrected chi connectivity index (χ2v) is 4.60. The largest absolute Gasteiger partial charge is 0.481 e. The lowest BCUT2D eigenvalue weighted by molar-refractivity contribution is -0.140. The third kappa shape index (κ3) is 2.27. The van der Waals surface area contributed by atoms with Crippen molar-refractivity contribution in [3.8, 4) is 0 Å². The average Bonchev–Trinajstić information content (AvgIpc) is 2.88. The van der Waals surface area contributed by atoms with Crippen LogP contribution in [0.2, 0.25) is 0 Å². The molecule has 0 fully saturated rings. The Hall–Kier alpha value is -2.43. The molecule has 2 aromatic rings. The van der Waals surface area contributed by atoms with Gasteiger partial charge in [0, 0.05) is 16.8 Å². The zero-order valence-electron chi connectivity index (χ0n) is 10.2. The van der Waals surface area contributed by atoms with E-state index in [0.717, 1.165) is 10.8 Å². The third-order valence-corrected chi connectivity index (χ3v) is 3.29. The number of hydrogen-bond donors (Lipinski definition) is 2. The second-order valence-electron chi connectivity index (χ2n) is 4.60. The number of nitrogens with one attached hydrogen (secondary N) is 1. The number of aromatic nitrogens is 2. The summed E-state index contributed by atoms with van der Waals surface area (Å²) in [5.41, 5.74) is 0. The van der Waals surface area contributed by atoms with Crippen molar-refractivity contribution in [3.05, 3.63) is 42.6 Å². The van der Waals surface area contributed by atoms with Crippen LogP contribution in [0.15, 0.2) is 42.6 Å². The molecular formula is C14H13N3O2. The van der Waals surface area contributed by atoms with E-state index in [1.807, 2.05) is 30.3 Å². The van der Waals surface area contributed by atoms with Gasteiger partial charge < -0.3 is 10.4 Å². The number of fused-ring (bicyclic) bond motifs is 1. The second kappa shape index (κ2) is 4.68. The van der Waals surface area contributed by atoms with Gasteiger partial charge in [-0.3, -0.25) is 4.79 Å². The third-order valence-electron chi connectivity index (χ3n) is 3.29. The lowest BCUT2D eigenvalue weighted by atomic mass is 10.1. The molecule has 0 saturated carbocycles. The standard InChI is InChI=1S/C14H13N3O2/c18-14(19)9-5-6-11(7-9)16-13-12-4-2-1-3-10(12)8-15-17-13/h1-6,8-9,11H,7H2,(H,16,17)(H,18,19). The van der Waals surface area contributed by atoms with Crippen molar-refractivity contribution in [2.24, 2.45) is 5.92 Å². The first-order valence-electron chi connectivity index (χ1n) is 6.12. The average molecular weight is 255 g/mol. The lowest BCUT2D eigenvalue weighted by Gasteiger charge is -2.13. The summed E-state index contributed by atoms with van der Waals surface area (Å²) in [5.74, 6) is -0.510. The zero-order chi connectivity index (χ0) is 13.2. The molecular weight excluding hydrogens is 242 g/mol. The summed E-state index contributed by atoms with van der Waals surface area (Å²) < 4.78 is 0. The Kier molecular flexibility index (Phi) is 2.87. The van der Waals surface area contributed by atoms with Crippen molar-refractivity contribution < 1.29 is 9.90 Å². The predicted octanol–water partition coefficient (Wildman–Crippen LogP) is 2.07. The predicted molar refractivity (Wildman–Crippen MR) is 71.8 cm³/mol. The van der Waals surface area contributed by atoms with E-state index in [4.69, 9.17) is 5.11 Å². The van der Waals surface area contributed by atoms with Crippen LogP contribution in [0.1, 0.15) is 6.42 Å². The number of benzene rings is 1. The lowest BCUT2D eigenvalue weighted by Crippen LogP contribution is -2.19.